The minimum atomic E-state index is -0.175. The van der Waals surface area contributed by atoms with Crippen LogP contribution >= 0.6 is 15.9 Å². The number of hydrogen-bond donors (Lipinski definition) is 0. The Bertz CT molecular complexity index is 597. The van der Waals surface area contributed by atoms with Gasteiger partial charge in [-0.1, -0.05) is 0 Å². The van der Waals surface area contributed by atoms with Gasteiger partial charge in [-0.15, -0.1) is 0 Å². The van der Waals surface area contributed by atoms with E-state index >= 15 is 0 Å². The van der Waals surface area contributed by atoms with Gasteiger partial charge in [-0.3, -0.25) is 9.48 Å². The second-order valence-electron chi connectivity index (χ2n) is 4.02. The molecule has 0 fully saturated rings. The molecule has 0 radical (unpaired) electrons. The molecule has 0 spiro atoms. The maximum atomic E-state index is 12.3. The Labute approximate surface area is 108 Å². The second-order valence-corrected chi connectivity index (χ2v) is 4.81. The summed E-state index contributed by atoms with van der Waals surface area (Å²) in [4.78, 5) is 12.3. The third-order valence-electron chi connectivity index (χ3n) is 2.55. The van der Waals surface area contributed by atoms with Gasteiger partial charge < -0.3 is 0 Å². The minimum absolute atomic E-state index is 0.175. The lowest BCUT2D eigenvalue weighted by Crippen LogP contribution is -2.19. The Kier molecular flexibility index (Phi) is 2.91. The molecule has 0 bridgehead atoms. The van der Waals surface area contributed by atoms with Crippen LogP contribution in [0, 0.1) is 20.8 Å². The highest BCUT2D eigenvalue weighted by Crippen LogP contribution is 2.21. The monoisotopic (exact) mass is 296 g/mol. The molecule has 6 heteroatoms. The van der Waals surface area contributed by atoms with E-state index in [0.29, 0.717) is 5.69 Å². The van der Waals surface area contributed by atoms with E-state index in [1.54, 1.807) is 11.7 Å². The zero-order valence-electron chi connectivity index (χ0n) is 10.2. The van der Waals surface area contributed by atoms with Crippen molar-refractivity contribution in [1.29, 1.82) is 0 Å². The maximum Gasteiger partial charge on any atom is 0.297 e. The molecular weight excluding hydrogens is 284 g/mol. The van der Waals surface area contributed by atoms with Gasteiger partial charge in [0.05, 0.1) is 15.9 Å². The molecule has 0 aliphatic carbocycles. The van der Waals surface area contributed by atoms with Gasteiger partial charge in [0.2, 0.25) is 0 Å². The third kappa shape index (κ3) is 1.93. The number of carbonyl (C=O) groups is 1. The summed E-state index contributed by atoms with van der Waals surface area (Å²) in [7, 11) is 1.75. The fraction of sp³-hybridized carbons (Fsp3) is 0.364. The number of aryl methyl sites for hydroxylation is 4. The first-order valence-corrected chi connectivity index (χ1v) is 5.98. The number of rotatable bonds is 1. The van der Waals surface area contributed by atoms with E-state index in [9.17, 15) is 4.79 Å². The molecule has 90 valence electrons. The van der Waals surface area contributed by atoms with Crippen LogP contribution in [0.25, 0.3) is 0 Å². The molecule has 0 atom stereocenters. The van der Waals surface area contributed by atoms with Crippen LogP contribution in [0.4, 0.5) is 0 Å². The summed E-state index contributed by atoms with van der Waals surface area (Å²) in [5.41, 5.74) is 2.94. The molecular formula is C11H13BrN4O. The number of carbonyl (C=O) groups excluding carboxylic acids is 1. The maximum absolute atomic E-state index is 12.3. The van der Waals surface area contributed by atoms with Crippen LogP contribution in [0.15, 0.2) is 10.5 Å². The summed E-state index contributed by atoms with van der Waals surface area (Å²) in [6.45, 7) is 5.57. The Morgan fingerprint density at radius 3 is 2.35 bits per heavy atom. The fourth-order valence-electron chi connectivity index (χ4n) is 1.80. The first-order chi connectivity index (χ1) is 7.91. The van der Waals surface area contributed by atoms with Crippen LogP contribution in [0.3, 0.4) is 0 Å². The van der Waals surface area contributed by atoms with Crippen LogP contribution in [-0.2, 0) is 7.05 Å². The molecule has 0 N–H and O–H groups in total. The van der Waals surface area contributed by atoms with E-state index < -0.39 is 0 Å². The average Bonchev–Trinajstić information content (AvgIpc) is 2.68. The fourth-order valence-corrected chi connectivity index (χ4v) is 2.30. The smallest absolute Gasteiger partial charge is 0.265 e. The number of halogens is 1. The predicted molar refractivity (Wildman–Crippen MR) is 67.1 cm³/mol. The summed E-state index contributed by atoms with van der Waals surface area (Å²) >= 11 is 3.38. The summed E-state index contributed by atoms with van der Waals surface area (Å²) in [5.74, 6) is -0.175. The molecule has 2 rings (SSSR count). The van der Waals surface area contributed by atoms with Crippen molar-refractivity contribution in [3.8, 4) is 0 Å². The van der Waals surface area contributed by atoms with E-state index in [1.807, 2.05) is 26.8 Å². The Balaban J connectivity index is 2.55. The van der Waals surface area contributed by atoms with E-state index in [1.165, 1.54) is 4.68 Å². The molecule has 2 aromatic rings. The molecule has 0 aromatic carbocycles. The number of hydrogen-bond acceptors (Lipinski definition) is 3. The average molecular weight is 297 g/mol. The molecule has 0 saturated heterocycles. The zero-order chi connectivity index (χ0) is 12.7. The Hall–Kier alpha value is -1.43. The summed E-state index contributed by atoms with van der Waals surface area (Å²) < 4.78 is 3.69. The molecule has 2 aromatic heterocycles. The van der Waals surface area contributed by atoms with Crippen molar-refractivity contribution in [3.63, 3.8) is 0 Å². The summed E-state index contributed by atoms with van der Waals surface area (Å²) in [6, 6.07) is 1.87. The zero-order valence-corrected chi connectivity index (χ0v) is 11.7. The minimum Gasteiger partial charge on any atom is -0.265 e. The predicted octanol–water partition coefficient (Wildman–Crippen LogP) is 1.99. The topological polar surface area (TPSA) is 52.7 Å². The van der Waals surface area contributed by atoms with Crippen LogP contribution in [-0.4, -0.2) is 25.5 Å². The highest BCUT2D eigenvalue weighted by molar-refractivity contribution is 9.10. The van der Waals surface area contributed by atoms with Crippen LogP contribution in [0.2, 0.25) is 0 Å². The van der Waals surface area contributed by atoms with Crippen molar-refractivity contribution in [1.82, 2.24) is 19.6 Å². The third-order valence-corrected chi connectivity index (χ3v) is 3.50. The van der Waals surface area contributed by atoms with Crippen molar-refractivity contribution in [3.05, 3.63) is 33.3 Å². The summed E-state index contributed by atoms with van der Waals surface area (Å²) in [5, 5.41) is 8.38. The molecule has 5 nitrogen and oxygen atoms in total. The van der Waals surface area contributed by atoms with E-state index in [4.69, 9.17) is 0 Å². The standard InChI is InChI=1S/C11H13BrN4O/c1-6-5-7(2)16(13-6)11(17)10-9(12)8(3)14-15(10)4/h5H,1-4H3. The van der Waals surface area contributed by atoms with Gasteiger partial charge in [-0.25, -0.2) is 0 Å². The van der Waals surface area contributed by atoms with Crippen LogP contribution in [0.5, 0.6) is 0 Å². The highest BCUT2D eigenvalue weighted by Gasteiger charge is 2.21. The van der Waals surface area contributed by atoms with E-state index in [2.05, 4.69) is 26.1 Å². The van der Waals surface area contributed by atoms with Gasteiger partial charge in [0.15, 0.2) is 0 Å². The van der Waals surface area contributed by atoms with Gasteiger partial charge in [0, 0.05) is 12.7 Å². The van der Waals surface area contributed by atoms with Gasteiger partial charge in [0.1, 0.15) is 5.69 Å². The Morgan fingerprint density at radius 1 is 1.29 bits per heavy atom. The molecule has 0 amide bonds. The highest BCUT2D eigenvalue weighted by atomic mass is 79.9. The number of nitrogens with zero attached hydrogens (tertiary/aromatic N) is 4. The Morgan fingerprint density at radius 2 is 1.94 bits per heavy atom. The first-order valence-electron chi connectivity index (χ1n) is 5.19. The molecule has 17 heavy (non-hydrogen) atoms. The summed E-state index contributed by atoms with van der Waals surface area (Å²) in [6.07, 6.45) is 0. The molecule has 0 unspecified atom stereocenters. The van der Waals surface area contributed by atoms with Crippen molar-refractivity contribution in [2.24, 2.45) is 7.05 Å². The van der Waals surface area contributed by atoms with Gasteiger partial charge in [-0.2, -0.15) is 14.9 Å². The molecule has 0 aliphatic heterocycles. The van der Waals surface area contributed by atoms with Crippen molar-refractivity contribution < 1.29 is 4.79 Å². The van der Waals surface area contributed by atoms with Gasteiger partial charge in [-0.05, 0) is 42.8 Å². The first kappa shape index (κ1) is 12.0. The lowest BCUT2D eigenvalue weighted by atomic mass is 10.3. The van der Waals surface area contributed by atoms with Crippen molar-refractivity contribution >= 4 is 21.8 Å². The van der Waals surface area contributed by atoms with Crippen LogP contribution < -0.4 is 0 Å². The molecule has 0 saturated carbocycles. The lowest BCUT2D eigenvalue weighted by Gasteiger charge is -2.03. The second kappa shape index (κ2) is 4.10. The van der Waals surface area contributed by atoms with Crippen LogP contribution in [0.1, 0.15) is 27.6 Å². The van der Waals surface area contributed by atoms with E-state index in [0.717, 1.165) is 21.6 Å². The number of aromatic nitrogens is 4. The molecule has 0 aliphatic rings. The largest absolute Gasteiger partial charge is 0.297 e. The van der Waals surface area contributed by atoms with Gasteiger partial charge >= 0.3 is 0 Å². The quantitative estimate of drug-likeness (QED) is 0.809. The van der Waals surface area contributed by atoms with Crippen molar-refractivity contribution in [2.45, 2.75) is 20.8 Å². The normalized spacial score (nSPS) is 10.9. The van der Waals surface area contributed by atoms with E-state index in [-0.39, 0.29) is 5.91 Å². The van der Waals surface area contributed by atoms with Crippen molar-refractivity contribution in [2.75, 3.05) is 0 Å². The SMILES string of the molecule is Cc1cc(C)n(C(=O)c2c(Br)c(C)nn2C)n1. The lowest BCUT2D eigenvalue weighted by molar-refractivity contribution is 0.0932. The van der Waals surface area contributed by atoms with Gasteiger partial charge in [0.25, 0.3) is 5.91 Å². The molecule has 2 heterocycles.